The average Bonchev–Trinajstić information content (AvgIpc) is 3.22. The van der Waals surface area contributed by atoms with Gasteiger partial charge in [0.1, 0.15) is 0 Å². The molecular formula is C27H21Cl3N2O. The normalized spacial score (nSPS) is 21.1. The van der Waals surface area contributed by atoms with E-state index in [1.54, 1.807) is 17.1 Å². The highest BCUT2D eigenvalue weighted by molar-refractivity contribution is 6.34. The molecule has 1 amide bonds. The number of hydrogen-bond donors (Lipinski definition) is 0. The smallest absolute Gasteiger partial charge is 0.267 e. The lowest BCUT2D eigenvalue weighted by Gasteiger charge is -2.30. The van der Waals surface area contributed by atoms with Crippen molar-refractivity contribution in [3.8, 4) is 0 Å². The van der Waals surface area contributed by atoms with Crippen LogP contribution in [0.15, 0.2) is 83.5 Å². The predicted octanol–water partition coefficient (Wildman–Crippen LogP) is 8.08. The number of amides is 1. The van der Waals surface area contributed by atoms with Crippen molar-refractivity contribution in [1.29, 1.82) is 0 Å². The van der Waals surface area contributed by atoms with E-state index >= 15 is 0 Å². The fraction of sp³-hybridized carbons (Fsp3) is 0.185. The summed E-state index contributed by atoms with van der Waals surface area (Å²) in [5.74, 6) is -0.0989. The molecule has 166 valence electrons. The molecule has 0 bridgehead atoms. The van der Waals surface area contributed by atoms with E-state index in [9.17, 15) is 4.79 Å². The van der Waals surface area contributed by atoms with E-state index in [4.69, 9.17) is 39.9 Å². The Balaban J connectivity index is 1.59. The highest BCUT2D eigenvalue weighted by atomic mass is 35.5. The number of benzene rings is 3. The van der Waals surface area contributed by atoms with E-state index in [1.165, 1.54) is 0 Å². The second kappa shape index (κ2) is 9.34. The molecule has 33 heavy (non-hydrogen) atoms. The summed E-state index contributed by atoms with van der Waals surface area (Å²) in [5, 5.41) is 8.32. The monoisotopic (exact) mass is 494 g/mol. The van der Waals surface area contributed by atoms with Crippen molar-refractivity contribution in [2.24, 2.45) is 11.0 Å². The summed E-state index contributed by atoms with van der Waals surface area (Å²) in [5.41, 5.74) is 4.65. The van der Waals surface area contributed by atoms with Crippen molar-refractivity contribution in [2.75, 3.05) is 0 Å². The number of carbonyl (C=O) groups is 1. The first kappa shape index (κ1) is 22.2. The lowest BCUT2D eigenvalue weighted by atomic mass is 9.77. The SMILES string of the molecule is O=C(c1ccccc1Cl)N1N=C2/C(=C\c3ccc(Cl)cc3)CCCC2C1c1ccc(Cl)cc1. The first-order valence-corrected chi connectivity index (χ1v) is 12.0. The summed E-state index contributed by atoms with van der Waals surface area (Å²) in [7, 11) is 0. The molecule has 6 heteroatoms. The van der Waals surface area contributed by atoms with Gasteiger partial charge in [-0.2, -0.15) is 5.10 Å². The Morgan fingerprint density at radius 3 is 2.27 bits per heavy atom. The number of hydrogen-bond acceptors (Lipinski definition) is 2. The molecule has 1 fully saturated rings. The third-order valence-electron chi connectivity index (χ3n) is 6.24. The zero-order valence-electron chi connectivity index (χ0n) is 17.7. The minimum absolute atomic E-state index is 0.102. The maximum Gasteiger partial charge on any atom is 0.276 e. The van der Waals surface area contributed by atoms with Gasteiger partial charge in [0, 0.05) is 16.0 Å². The molecule has 3 aromatic carbocycles. The summed E-state index contributed by atoms with van der Waals surface area (Å²) in [6, 6.07) is 22.3. The third kappa shape index (κ3) is 4.46. The van der Waals surface area contributed by atoms with Crippen LogP contribution in [0.2, 0.25) is 15.1 Å². The molecule has 0 N–H and O–H groups in total. The third-order valence-corrected chi connectivity index (χ3v) is 7.07. The van der Waals surface area contributed by atoms with Crippen LogP contribution in [0.4, 0.5) is 0 Å². The van der Waals surface area contributed by atoms with E-state index < -0.39 is 0 Å². The first-order valence-electron chi connectivity index (χ1n) is 10.9. The maximum absolute atomic E-state index is 13.6. The fourth-order valence-electron chi connectivity index (χ4n) is 4.68. The van der Waals surface area contributed by atoms with Crippen LogP contribution in [-0.2, 0) is 0 Å². The number of fused-ring (bicyclic) bond motifs is 1. The quantitative estimate of drug-likeness (QED) is 0.361. The number of hydrazone groups is 1. The van der Waals surface area contributed by atoms with E-state index in [0.29, 0.717) is 20.6 Å². The Hall–Kier alpha value is -2.59. The summed E-state index contributed by atoms with van der Waals surface area (Å²) in [4.78, 5) is 13.6. The maximum atomic E-state index is 13.6. The molecular weight excluding hydrogens is 475 g/mol. The Morgan fingerprint density at radius 2 is 1.58 bits per heavy atom. The molecule has 2 unspecified atom stereocenters. The van der Waals surface area contributed by atoms with Gasteiger partial charge in [-0.1, -0.05) is 71.2 Å². The number of allylic oxidation sites excluding steroid dienone is 1. The van der Waals surface area contributed by atoms with Gasteiger partial charge in [-0.15, -0.1) is 0 Å². The number of halogens is 3. The molecule has 3 nitrogen and oxygen atoms in total. The number of nitrogens with zero attached hydrogens (tertiary/aromatic N) is 2. The Labute approximate surface area is 208 Å². The van der Waals surface area contributed by atoms with Gasteiger partial charge >= 0.3 is 0 Å². The number of rotatable bonds is 3. The fourth-order valence-corrected chi connectivity index (χ4v) is 5.15. The van der Waals surface area contributed by atoms with Crippen LogP contribution in [-0.4, -0.2) is 16.6 Å². The minimum Gasteiger partial charge on any atom is -0.267 e. The van der Waals surface area contributed by atoms with Crippen LogP contribution < -0.4 is 0 Å². The molecule has 1 heterocycles. The molecule has 0 aromatic heterocycles. The zero-order chi connectivity index (χ0) is 22.9. The van der Waals surface area contributed by atoms with Crippen molar-refractivity contribution in [3.05, 3.63) is 110 Å². The zero-order valence-corrected chi connectivity index (χ0v) is 20.0. The largest absolute Gasteiger partial charge is 0.276 e. The Bertz CT molecular complexity index is 1250. The Kier molecular flexibility index (Phi) is 6.29. The van der Waals surface area contributed by atoms with Crippen molar-refractivity contribution in [2.45, 2.75) is 25.3 Å². The van der Waals surface area contributed by atoms with Gasteiger partial charge in [-0.05, 0) is 78.4 Å². The molecule has 1 aliphatic heterocycles. The highest BCUT2D eigenvalue weighted by Gasteiger charge is 2.44. The van der Waals surface area contributed by atoms with E-state index in [-0.39, 0.29) is 17.9 Å². The van der Waals surface area contributed by atoms with Crippen LogP contribution in [0, 0.1) is 5.92 Å². The van der Waals surface area contributed by atoms with Crippen LogP contribution in [0.3, 0.4) is 0 Å². The van der Waals surface area contributed by atoms with Crippen LogP contribution >= 0.6 is 34.8 Å². The van der Waals surface area contributed by atoms with Gasteiger partial charge in [-0.25, -0.2) is 5.01 Å². The van der Waals surface area contributed by atoms with Gasteiger partial charge in [0.15, 0.2) is 0 Å². The van der Waals surface area contributed by atoms with Gasteiger partial charge in [-0.3, -0.25) is 4.79 Å². The van der Waals surface area contributed by atoms with E-state index in [1.807, 2.05) is 60.7 Å². The number of carbonyl (C=O) groups excluding carboxylic acids is 1. The lowest BCUT2D eigenvalue weighted by molar-refractivity contribution is 0.0681. The van der Waals surface area contributed by atoms with Crippen LogP contribution in [0.1, 0.15) is 46.8 Å². The molecule has 0 spiro atoms. The summed E-state index contributed by atoms with van der Waals surface area (Å²) >= 11 is 18.6. The van der Waals surface area contributed by atoms with Crippen molar-refractivity contribution in [1.82, 2.24) is 5.01 Å². The van der Waals surface area contributed by atoms with Crippen LogP contribution in [0.25, 0.3) is 6.08 Å². The predicted molar refractivity (Wildman–Crippen MR) is 136 cm³/mol. The van der Waals surface area contributed by atoms with Crippen molar-refractivity contribution in [3.63, 3.8) is 0 Å². The van der Waals surface area contributed by atoms with E-state index in [0.717, 1.165) is 41.7 Å². The summed E-state index contributed by atoms with van der Waals surface area (Å²) < 4.78 is 0. The molecule has 1 saturated carbocycles. The lowest BCUT2D eigenvalue weighted by Crippen LogP contribution is -2.32. The second-order valence-corrected chi connectivity index (χ2v) is 9.61. The van der Waals surface area contributed by atoms with Gasteiger partial charge in [0.25, 0.3) is 5.91 Å². The molecule has 2 atom stereocenters. The highest BCUT2D eigenvalue weighted by Crippen LogP contribution is 2.45. The molecule has 3 aromatic rings. The standard InChI is InChI=1S/C27H21Cl3N2O/c28-20-12-8-17(9-13-20)16-19-4-3-6-23-25(19)31-32(26(23)18-10-14-21(29)15-11-18)27(33)22-5-1-2-7-24(22)30/h1-2,5,7-16,23,26H,3-4,6H2/b19-16-. The van der Waals surface area contributed by atoms with Crippen LogP contribution in [0.5, 0.6) is 0 Å². The average molecular weight is 496 g/mol. The molecule has 0 radical (unpaired) electrons. The molecule has 2 aliphatic rings. The molecule has 1 aliphatic carbocycles. The summed E-state index contributed by atoms with van der Waals surface area (Å²) in [6.45, 7) is 0. The first-order chi connectivity index (χ1) is 16.0. The van der Waals surface area contributed by atoms with Gasteiger partial charge in [0.05, 0.1) is 22.3 Å². The minimum atomic E-state index is -0.213. The molecule has 0 saturated heterocycles. The van der Waals surface area contributed by atoms with Gasteiger partial charge < -0.3 is 0 Å². The van der Waals surface area contributed by atoms with Crippen molar-refractivity contribution >= 4 is 52.5 Å². The van der Waals surface area contributed by atoms with E-state index in [2.05, 4.69) is 6.08 Å². The molecule has 5 rings (SSSR count). The second-order valence-electron chi connectivity index (χ2n) is 8.33. The van der Waals surface area contributed by atoms with Gasteiger partial charge in [0.2, 0.25) is 0 Å². The van der Waals surface area contributed by atoms with Crippen molar-refractivity contribution < 1.29 is 4.79 Å². The summed E-state index contributed by atoms with van der Waals surface area (Å²) in [6.07, 6.45) is 5.06. The topological polar surface area (TPSA) is 32.7 Å². The Morgan fingerprint density at radius 1 is 0.909 bits per heavy atom.